The van der Waals surface area contributed by atoms with E-state index in [9.17, 15) is 4.79 Å². The van der Waals surface area contributed by atoms with Crippen LogP contribution in [0.5, 0.6) is 0 Å². The zero-order valence-electron chi connectivity index (χ0n) is 15.3. The zero-order valence-corrected chi connectivity index (χ0v) is 17.6. The molecule has 0 aliphatic carbocycles. The fourth-order valence-corrected chi connectivity index (χ4v) is 3.57. The molecule has 1 N–H and O–H groups in total. The first-order valence-electron chi connectivity index (χ1n) is 8.86. The number of hydrogen-bond donors (Lipinski definition) is 1. The van der Waals surface area contributed by atoms with E-state index < -0.39 is 0 Å². The lowest BCUT2D eigenvalue weighted by Crippen LogP contribution is -2.13. The molecule has 0 saturated carbocycles. The first kappa shape index (κ1) is 19.7. The Morgan fingerprint density at radius 3 is 2.31 bits per heavy atom. The molecule has 0 aliphatic rings. The van der Waals surface area contributed by atoms with Gasteiger partial charge in [-0.1, -0.05) is 71.2 Å². The molecule has 0 saturated heterocycles. The van der Waals surface area contributed by atoms with Crippen molar-refractivity contribution in [2.45, 2.75) is 6.92 Å². The minimum Gasteiger partial charge on any atom is -0.322 e. The van der Waals surface area contributed by atoms with Crippen LogP contribution in [0.25, 0.3) is 22.2 Å². The first-order valence-corrected chi connectivity index (χ1v) is 9.99. The number of carbonyl (C=O) groups is 1. The van der Waals surface area contributed by atoms with Gasteiger partial charge in [-0.25, -0.2) is 4.98 Å². The second-order valence-corrected chi connectivity index (χ2v) is 7.79. The Bertz CT molecular complexity index is 1240. The predicted molar refractivity (Wildman–Crippen MR) is 121 cm³/mol. The summed E-state index contributed by atoms with van der Waals surface area (Å²) in [5.41, 5.74) is 4.18. The predicted octanol–water partition coefficient (Wildman–Crippen LogP) is 7.42. The number of amides is 1. The fourth-order valence-electron chi connectivity index (χ4n) is 3.12. The zero-order chi connectivity index (χ0) is 20.5. The highest BCUT2D eigenvalue weighted by Gasteiger charge is 2.17. The summed E-state index contributed by atoms with van der Waals surface area (Å²) in [6.07, 6.45) is 0. The van der Waals surface area contributed by atoms with Crippen molar-refractivity contribution >= 4 is 57.3 Å². The van der Waals surface area contributed by atoms with Gasteiger partial charge in [0, 0.05) is 21.7 Å². The van der Waals surface area contributed by atoms with E-state index >= 15 is 0 Å². The quantitative estimate of drug-likeness (QED) is 0.359. The van der Waals surface area contributed by atoms with Gasteiger partial charge in [-0.05, 0) is 42.8 Å². The van der Waals surface area contributed by atoms with E-state index in [2.05, 4.69) is 5.32 Å². The van der Waals surface area contributed by atoms with Gasteiger partial charge in [-0.3, -0.25) is 4.79 Å². The van der Waals surface area contributed by atoms with E-state index in [4.69, 9.17) is 39.8 Å². The third kappa shape index (κ3) is 3.95. The maximum atomic E-state index is 13.2. The SMILES string of the molecule is Cc1c(Cl)ccc2c(C(=O)Nc3ccc(Cl)c(Cl)c3)cc(-c3ccccc3)nc12. The molecule has 4 rings (SSSR count). The van der Waals surface area contributed by atoms with E-state index in [1.807, 2.05) is 43.3 Å². The number of pyridine rings is 1. The average Bonchev–Trinajstić information content (AvgIpc) is 2.73. The molecule has 0 spiro atoms. The second kappa shape index (κ2) is 8.03. The maximum Gasteiger partial charge on any atom is 0.256 e. The van der Waals surface area contributed by atoms with Crippen LogP contribution in [0, 0.1) is 6.92 Å². The molecule has 29 heavy (non-hydrogen) atoms. The Kier molecular flexibility index (Phi) is 5.46. The molecule has 4 aromatic rings. The molecule has 0 bridgehead atoms. The molecular formula is C23H15Cl3N2O. The number of aryl methyl sites for hydroxylation is 1. The molecule has 3 aromatic carbocycles. The molecule has 0 unspecified atom stereocenters. The number of aromatic nitrogens is 1. The van der Waals surface area contributed by atoms with E-state index in [1.165, 1.54) is 0 Å². The molecule has 0 atom stereocenters. The summed E-state index contributed by atoms with van der Waals surface area (Å²) in [5.74, 6) is -0.269. The lowest BCUT2D eigenvalue weighted by Gasteiger charge is -2.13. The third-order valence-electron chi connectivity index (χ3n) is 4.66. The van der Waals surface area contributed by atoms with Crippen molar-refractivity contribution in [1.29, 1.82) is 0 Å². The van der Waals surface area contributed by atoms with Gasteiger partial charge in [0.25, 0.3) is 5.91 Å². The molecule has 1 aromatic heterocycles. The fraction of sp³-hybridized carbons (Fsp3) is 0.0435. The van der Waals surface area contributed by atoms with Gasteiger partial charge in [0.15, 0.2) is 0 Å². The van der Waals surface area contributed by atoms with Crippen molar-refractivity contribution in [2.24, 2.45) is 0 Å². The number of benzene rings is 3. The normalized spacial score (nSPS) is 10.9. The van der Waals surface area contributed by atoms with Crippen LogP contribution >= 0.6 is 34.8 Å². The van der Waals surface area contributed by atoms with Crippen LogP contribution in [0.15, 0.2) is 66.7 Å². The van der Waals surface area contributed by atoms with Crippen molar-refractivity contribution in [3.05, 3.63) is 92.9 Å². The van der Waals surface area contributed by atoms with Crippen molar-refractivity contribution in [3.8, 4) is 11.3 Å². The standard InChI is InChI=1S/C23H15Cl3N2O/c1-13-18(24)10-8-16-17(23(29)27-15-7-9-19(25)20(26)11-15)12-21(28-22(13)16)14-5-3-2-4-6-14/h2-12H,1H3,(H,27,29). The summed E-state index contributed by atoms with van der Waals surface area (Å²) in [7, 11) is 0. The Balaban J connectivity index is 1.86. The van der Waals surface area contributed by atoms with Crippen LogP contribution in [0.3, 0.4) is 0 Å². The number of nitrogens with zero attached hydrogens (tertiary/aromatic N) is 1. The highest BCUT2D eigenvalue weighted by Crippen LogP contribution is 2.31. The molecule has 1 amide bonds. The molecule has 0 radical (unpaired) electrons. The van der Waals surface area contributed by atoms with Gasteiger partial charge in [-0.2, -0.15) is 0 Å². The molecule has 0 aliphatic heterocycles. The molecular weight excluding hydrogens is 427 g/mol. The Labute approximate surface area is 183 Å². The minimum absolute atomic E-state index is 0.269. The minimum atomic E-state index is -0.269. The molecule has 6 heteroatoms. The highest BCUT2D eigenvalue weighted by molar-refractivity contribution is 6.42. The third-order valence-corrected chi connectivity index (χ3v) is 5.81. The molecule has 3 nitrogen and oxygen atoms in total. The van der Waals surface area contributed by atoms with Gasteiger partial charge in [-0.15, -0.1) is 0 Å². The van der Waals surface area contributed by atoms with E-state index in [-0.39, 0.29) is 5.91 Å². The second-order valence-electron chi connectivity index (χ2n) is 6.57. The number of fused-ring (bicyclic) bond motifs is 1. The summed E-state index contributed by atoms with van der Waals surface area (Å²) in [6, 6.07) is 20.1. The monoisotopic (exact) mass is 440 g/mol. The number of nitrogens with one attached hydrogen (secondary N) is 1. The highest BCUT2D eigenvalue weighted by atomic mass is 35.5. The van der Waals surface area contributed by atoms with Crippen LogP contribution < -0.4 is 5.32 Å². The Morgan fingerprint density at radius 2 is 1.59 bits per heavy atom. The number of rotatable bonds is 3. The van der Waals surface area contributed by atoms with Gasteiger partial charge in [0.1, 0.15) is 0 Å². The lowest BCUT2D eigenvalue weighted by molar-refractivity contribution is 0.102. The number of halogens is 3. The average molecular weight is 442 g/mol. The van der Waals surface area contributed by atoms with Gasteiger partial charge in [0.2, 0.25) is 0 Å². The van der Waals surface area contributed by atoms with Crippen LogP contribution in [-0.4, -0.2) is 10.9 Å². The summed E-state index contributed by atoms with van der Waals surface area (Å²) < 4.78 is 0. The molecule has 0 fully saturated rings. The summed E-state index contributed by atoms with van der Waals surface area (Å²) >= 11 is 18.4. The summed E-state index contributed by atoms with van der Waals surface area (Å²) in [4.78, 5) is 17.9. The lowest BCUT2D eigenvalue weighted by atomic mass is 10.0. The van der Waals surface area contributed by atoms with Crippen molar-refractivity contribution in [3.63, 3.8) is 0 Å². The topological polar surface area (TPSA) is 42.0 Å². The van der Waals surface area contributed by atoms with Crippen LogP contribution in [0.4, 0.5) is 5.69 Å². The number of hydrogen-bond acceptors (Lipinski definition) is 2. The summed E-state index contributed by atoms with van der Waals surface area (Å²) in [6.45, 7) is 1.90. The largest absolute Gasteiger partial charge is 0.322 e. The van der Waals surface area contributed by atoms with Gasteiger partial charge < -0.3 is 5.32 Å². The maximum absolute atomic E-state index is 13.2. The van der Waals surface area contributed by atoms with Crippen molar-refractivity contribution in [2.75, 3.05) is 5.32 Å². The van der Waals surface area contributed by atoms with E-state index in [0.717, 1.165) is 16.5 Å². The summed E-state index contributed by atoms with van der Waals surface area (Å²) in [5, 5.41) is 5.02. The van der Waals surface area contributed by atoms with Crippen molar-refractivity contribution in [1.82, 2.24) is 4.98 Å². The number of anilines is 1. The molecule has 1 heterocycles. The Morgan fingerprint density at radius 1 is 0.862 bits per heavy atom. The van der Waals surface area contributed by atoms with Crippen LogP contribution in [0.1, 0.15) is 15.9 Å². The Hall–Kier alpha value is -2.59. The molecule has 144 valence electrons. The van der Waals surface area contributed by atoms with E-state index in [0.29, 0.717) is 37.5 Å². The number of carbonyl (C=O) groups excluding carboxylic acids is 1. The smallest absolute Gasteiger partial charge is 0.256 e. The van der Waals surface area contributed by atoms with Crippen molar-refractivity contribution < 1.29 is 4.79 Å². The van der Waals surface area contributed by atoms with Gasteiger partial charge >= 0.3 is 0 Å². The van der Waals surface area contributed by atoms with Crippen LogP contribution in [0.2, 0.25) is 15.1 Å². The van der Waals surface area contributed by atoms with Crippen LogP contribution in [-0.2, 0) is 0 Å². The van der Waals surface area contributed by atoms with Gasteiger partial charge in [0.05, 0.1) is 26.8 Å². The van der Waals surface area contributed by atoms with E-state index in [1.54, 1.807) is 30.3 Å². The first-order chi connectivity index (χ1) is 13.9.